The second-order valence-electron chi connectivity index (χ2n) is 15.0. The molecule has 1 aliphatic rings. The smallest absolute Gasteiger partial charge is 0.199 e. The van der Waals surface area contributed by atoms with Crippen molar-refractivity contribution in [3.05, 3.63) is 251 Å². The summed E-state index contributed by atoms with van der Waals surface area (Å²) in [5, 5.41) is 13.1. The second-order valence-corrected chi connectivity index (χ2v) is 15.0. The van der Waals surface area contributed by atoms with Gasteiger partial charge in [0, 0.05) is 6.42 Å². The van der Waals surface area contributed by atoms with Crippen LogP contribution in [-0.2, 0) is 55.5 Å². The topological polar surface area (TPSA) is 66.4 Å². The second kappa shape index (κ2) is 19.4. The highest BCUT2D eigenvalue weighted by molar-refractivity contribution is 5.47. The molecule has 0 spiro atoms. The van der Waals surface area contributed by atoms with E-state index in [1.54, 1.807) is 0 Å². The summed E-state index contributed by atoms with van der Waals surface area (Å²) in [6, 6.07) is 70.7. The van der Waals surface area contributed by atoms with Gasteiger partial charge in [-0.1, -0.05) is 212 Å². The normalized spacial score (nSPS) is 20.6. The van der Waals surface area contributed by atoms with Gasteiger partial charge in [-0.3, -0.25) is 0 Å². The SMILES string of the molecule is O[C@]1(Cc2ccccc2)O[C@@H](COC(c2ccccc2)(c2ccccc2)c2ccccc2)[C@@H](OCc2ccccc2)[C@H](OCc2ccccc2)[C@@H]1OCc1ccccc1. The summed E-state index contributed by atoms with van der Waals surface area (Å²) in [5.41, 5.74) is 5.64. The third-order valence-corrected chi connectivity index (χ3v) is 10.9. The molecule has 1 heterocycles. The first kappa shape index (κ1) is 40.1. The Labute approximate surface area is 347 Å². The molecule has 1 N–H and O–H groups in total. The van der Waals surface area contributed by atoms with Crippen LogP contribution < -0.4 is 0 Å². The Kier molecular flexibility index (Phi) is 13.2. The third kappa shape index (κ3) is 9.62. The summed E-state index contributed by atoms with van der Waals surface area (Å²) in [5.74, 6) is -1.85. The molecule has 7 aromatic rings. The Morgan fingerprint density at radius 3 is 1.17 bits per heavy atom. The minimum Gasteiger partial charge on any atom is -0.368 e. The first-order chi connectivity index (χ1) is 29.1. The summed E-state index contributed by atoms with van der Waals surface area (Å²) < 4.78 is 35.2. The first-order valence-corrected chi connectivity index (χ1v) is 20.3. The molecular formula is C53H50O6. The fourth-order valence-corrected chi connectivity index (χ4v) is 8.07. The third-order valence-electron chi connectivity index (χ3n) is 10.9. The predicted octanol–water partition coefficient (Wildman–Crippen LogP) is 10.1. The largest absolute Gasteiger partial charge is 0.368 e. The molecule has 0 radical (unpaired) electrons. The van der Waals surface area contributed by atoms with Crippen molar-refractivity contribution in [3.63, 3.8) is 0 Å². The van der Waals surface area contributed by atoms with Crippen molar-refractivity contribution in [1.29, 1.82) is 0 Å². The molecule has 0 saturated carbocycles. The molecule has 0 aromatic heterocycles. The number of rotatable bonds is 17. The first-order valence-electron chi connectivity index (χ1n) is 20.3. The summed E-state index contributed by atoms with van der Waals surface area (Å²) in [6.07, 6.45) is -3.18. The van der Waals surface area contributed by atoms with Crippen LogP contribution in [0.4, 0.5) is 0 Å². The molecule has 0 amide bonds. The summed E-state index contributed by atoms with van der Waals surface area (Å²) in [6.45, 7) is 0.799. The lowest BCUT2D eigenvalue weighted by atomic mass is 9.80. The fraction of sp³-hybridized carbons (Fsp3) is 0.208. The summed E-state index contributed by atoms with van der Waals surface area (Å²) in [7, 11) is 0. The van der Waals surface area contributed by atoms with E-state index in [9.17, 15) is 5.11 Å². The van der Waals surface area contributed by atoms with Crippen molar-refractivity contribution < 1.29 is 28.8 Å². The molecule has 0 unspecified atom stereocenters. The quantitative estimate of drug-likeness (QED) is 0.0929. The number of hydrogen-bond acceptors (Lipinski definition) is 6. The molecular weight excluding hydrogens is 733 g/mol. The van der Waals surface area contributed by atoms with E-state index < -0.39 is 35.8 Å². The Morgan fingerprint density at radius 2 is 0.763 bits per heavy atom. The van der Waals surface area contributed by atoms with Crippen LogP contribution in [0.2, 0.25) is 0 Å². The van der Waals surface area contributed by atoms with Crippen LogP contribution >= 0.6 is 0 Å². The van der Waals surface area contributed by atoms with Crippen molar-refractivity contribution >= 4 is 0 Å². The van der Waals surface area contributed by atoms with Crippen LogP contribution in [0.5, 0.6) is 0 Å². The molecule has 6 heteroatoms. The van der Waals surface area contributed by atoms with E-state index in [0.29, 0.717) is 0 Å². The Balaban J connectivity index is 1.24. The van der Waals surface area contributed by atoms with Crippen LogP contribution in [0.15, 0.2) is 212 Å². The van der Waals surface area contributed by atoms with Gasteiger partial charge >= 0.3 is 0 Å². The van der Waals surface area contributed by atoms with E-state index in [1.165, 1.54) is 0 Å². The average Bonchev–Trinajstić information content (AvgIpc) is 3.30. The number of aliphatic hydroxyl groups is 1. The van der Waals surface area contributed by atoms with Gasteiger partial charge in [0.1, 0.15) is 30.0 Å². The van der Waals surface area contributed by atoms with E-state index in [0.717, 1.165) is 38.9 Å². The van der Waals surface area contributed by atoms with E-state index in [-0.39, 0.29) is 32.8 Å². The van der Waals surface area contributed by atoms with E-state index >= 15 is 0 Å². The van der Waals surface area contributed by atoms with Crippen LogP contribution in [0, 0.1) is 0 Å². The van der Waals surface area contributed by atoms with Gasteiger partial charge in [-0.25, -0.2) is 0 Å². The highest BCUT2D eigenvalue weighted by Gasteiger charge is 2.57. The summed E-state index contributed by atoms with van der Waals surface area (Å²) in [4.78, 5) is 0. The van der Waals surface area contributed by atoms with Crippen molar-refractivity contribution in [2.45, 2.75) is 62.0 Å². The van der Waals surface area contributed by atoms with Crippen molar-refractivity contribution in [3.8, 4) is 0 Å². The van der Waals surface area contributed by atoms with E-state index in [2.05, 4.69) is 36.4 Å². The maximum absolute atomic E-state index is 13.1. The van der Waals surface area contributed by atoms with Crippen molar-refractivity contribution in [2.75, 3.05) is 6.61 Å². The molecule has 1 aliphatic heterocycles. The standard InChI is InChI=1S/C53H50O6/c54-52(36-41-22-8-1-9-23-41)51(57-39-44-28-14-4-15-29-44)50(56-38-43-26-12-3-13-27-43)49(55-37-42-24-10-2-11-25-42)48(59-52)40-58-53(45-30-16-5-17-31-45,46-32-18-6-19-33-46)47-34-20-7-21-35-47/h1-35,48-51,54H,36-40H2/t48-,49+,50-,51-,52+/m0/s1. The molecule has 8 rings (SSSR count). The van der Waals surface area contributed by atoms with Crippen LogP contribution in [0.1, 0.15) is 38.9 Å². The lowest BCUT2D eigenvalue weighted by molar-refractivity contribution is -0.371. The van der Waals surface area contributed by atoms with Crippen molar-refractivity contribution in [1.82, 2.24) is 0 Å². The molecule has 1 fully saturated rings. The lowest BCUT2D eigenvalue weighted by Gasteiger charge is -2.51. The van der Waals surface area contributed by atoms with E-state index in [1.807, 2.05) is 176 Å². The van der Waals surface area contributed by atoms with Crippen molar-refractivity contribution in [2.24, 2.45) is 0 Å². The molecule has 5 atom stereocenters. The van der Waals surface area contributed by atoms with Gasteiger partial charge in [0.05, 0.1) is 26.4 Å². The van der Waals surface area contributed by atoms with E-state index in [4.69, 9.17) is 23.7 Å². The zero-order valence-corrected chi connectivity index (χ0v) is 33.0. The zero-order chi connectivity index (χ0) is 40.2. The Morgan fingerprint density at radius 1 is 0.424 bits per heavy atom. The highest BCUT2D eigenvalue weighted by atomic mass is 16.7. The highest BCUT2D eigenvalue weighted by Crippen LogP contribution is 2.43. The average molecular weight is 783 g/mol. The number of benzene rings is 7. The summed E-state index contributed by atoms with van der Waals surface area (Å²) >= 11 is 0. The lowest BCUT2D eigenvalue weighted by Crippen LogP contribution is -2.68. The van der Waals surface area contributed by atoms with Gasteiger partial charge in [-0.15, -0.1) is 0 Å². The Bertz CT molecular complexity index is 2160. The molecule has 0 aliphatic carbocycles. The van der Waals surface area contributed by atoms with Gasteiger partial charge in [0.15, 0.2) is 5.79 Å². The monoisotopic (exact) mass is 782 g/mol. The molecule has 59 heavy (non-hydrogen) atoms. The number of ether oxygens (including phenoxy) is 5. The van der Waals surface area contributed by atoms with Crippen LogP contribution in [0.3, 0.4) is 0 Å². The molecule has 6 nitrogen and oxygen atoms in total. The van der Waals surface area contributed by atoms with Gasteiger partial charge in [-0.2, -0.15) is 0 Å². The van der Waals surface area contributed by atoms with Crippen LogP contribution in [-0.4, -0.2) is 41.9 Å². The predicted molar refractivity (Wildman–Crippen MR) is 230 cm³/mol. The van der Waals surface area contributed by atoms with Gasteiger partial charge in [0.2, 0.25) is 0 Å². The molecule has 298 valence electrons. The molecule has 0 bridgehead atoms. The maximum atomic E-state index is 13.1. The van der Waals surface area contributed by atoms with Gasteiger partial charge < -0.3 is 28.8 Å². The minimum absolute atomic E-state index is 0.0336. The van der Waals surface area contributed by atoms with Crippen LogP contribution in [0.25, 0.3) is 0 Å². The van der Waals surface area contributed by atoms with Gasteiger partial charge in [-0.05, 0) is 38.9 Å². The zero-order valence-electron chi connectivity index (χ0n) is 33.0. The number of hydrogen-bond donors (Lipinski definition) is 1. The Hall–Kier alpha value is -5.70. The molecule has 1 saturated heterocycles. The fourth-order valence-electron chi connectivity index (χ4n) is 8.07. The maximum Gasteiger partial charge on any atom is 0.199 e. The minimum atomic E-state index is -1.85. The van der Waals surface area contributed by atoms with Gasteiger partial charge in [0.25, 0.3) is 0 Å². The molecule has 7 aromatic carbocycles.